The molecule has 0 amide bonds. The Labute approximate surface area is 181 Å². The summed E-state index contributed by atoms with van der Waals surface area (Å²) >= 11 is 0. The highest BCUT2D eigenvalue weighted by Gasteiger charge is 2.44. The van der Waals surface area contributed by atoms with Crippen LogP contribution in [-0.4, -0.2) is 33.2 Å². The van der Waals surface area contributed by atoms with Crippen LogP contribution in [0, 0.1) is 0 Å². The summed E-state index contributed by atoms with van der Waals surface area (Å²) in [5.41, 5.74) is 9.15. The predicted octanol–water partition coefficient (Wildman–Crippen LogP) is 4.50. The van der Waals surface area contributed by atoms with E-state index in [1.807, 2.05) is 24.3 Å². The molecule has 0 saturated heterocycles. The average molecular weight is 437 g/mol. The lowest BCUT2D eigenvalue weighted by atomic mass is 10.1. The molecule has 1 aromatic rings. The molecule has 0 aliphatic carbocycles. The van der Waals surface area contributed by atoms with Crippen molar-refractivity contribution in [2.24, 2.45) is 10.9 Å². The van der Waals surface area contributed by atoms with E-state index >= 15 is 0 Å². The summed E-state index contributed by atoms with van der Waals surface area (Å²) in [7, 11) is -0.670. The topological polar surface area (TPSA) is 100 Å². The number of oxime groups is 1. The first-order chi connectivity index (χ1) is 14.0. The maximum Gasteiger partial charge on any atom is 0.335 e. The largest absolute Gasteiger partial charge is 0.469 e. The van der Waals surface area contributed by atoms with Crippen molar-refractivity contribution in [3.8, 4) is 0 Å². The molecule has 30 heavy (non-hydrogen) atoms. The van der Waals surface area contributed by atoms with Gasteiger partial charge in [0.05, 0.1) is 26.6 Å². The van der Waals surface area contributed by atoms with E-state index in [9.17, 15) is 9.59 Å². The van der Waals surface area contributed by atoms with E-state index in [-0.39, 0.29) is 18.7 Å². The van der Waals surface area contributed by atoms with Crippen LogP contribution in [0.4, 0.5) is 0 Å². The van der Waals surface area contributed by atoms with Crippen molar-refractivity contribution in [3.63, 3.8) is 0 Å². The summed E-state index contributed by atoms with van der Waals surface area (Å²) in [6.45, 7) is 14.1. The number of nitrogens with zero attached hydrogens (tertiary/aromatic N) is 1. The Hall–Kier alpha value is -2.19. The van der Waals surface area contributed by atoms with Crippen molar-refractivity contribution in [3.05, 3.63) is 35.4 Å². The Kier molecular flexibility index (Phi) is 10.2. The van der Waals surface area contributed by atoms with Gasteiger partial charge in [-0.2, -0.15) is 0 Å². The summed E-state index contributed by atoms with van der Waals surface area (Å²) in [6, 6.07) is 7.53. The summed E-state index contributed by atoms with van der Waals surface area (Å²) in [6.07, 6.45) is -0.180. The third-order valence-corrected chi connectivity index (χ3v) is 11.5. The Morgan fingerprint density at radius 2 is 1.43 bits per heavy atom. The number of methoxy groups -OCH3 is 1. The van der Waals surface area contributed by atoms with Crippen LogP contribution in [0.2, 0.25) is 16.6 Å². The third kappa shape index (κ3) is 6.95. The van der Waals surface area contributed by atoms with Gasteiger partial charge in [-0.1, -0.05) is 71.0 Å². The van der Waals surface area contributed by atoms with E-state index in [0.29, 0.717) is 28.8 Å². The zero-order chi connectivity index (χ0) is 22.9. The fourth-order valence-corrected chi connectivity index (χ4v) is 9.40. The van der Waals surface area contributed by atoms with Gasteiger partial charge in [0.15, 0.2) is 5.84 Å². The quantitative estimate of drug-likeness (QED) is 0.137. The van der Waals surface area contributed by atoms with Crippen molar-refractivity contribution >= 4 is 26.1 Å². The number of hydrogen-bond acceptors (Lipinski definition) is 6. The number of carbonyl (C=O) groups is 2. The second-order valence-electron chi connectivity index (χ2n) is 8.32. The maximum absolute atomic E-state index is 11.6. The van der Waals surface area contributed by atoms with Crippen LogP contribution >= 0.6 is 0 Å². The molecule has 0 spiro atoms. The van der Waals surface area contributed by atoms with Gasteiger partial charge in [-0.15, -0.1) is 0 Å². The molecule has 0 radical (unpaired) electrons. The zero-order valence-electron chi connectivity index (χ0n) is 19.2. The van der Waals surface area contributed by atoms with E-state index in [0.717, 1.165) is 5.56 Å². The first kappa shape index (κ1) is 25.8. The molecular weight excluding hydrogens is 400 g/mol. The monoisotopic (exact) mass is 436 g/mol. The highest BCUT2D eigenvalue weighted by Crippen LogP contribution is 2.42. The zero-order valence-corrected chi connectivity index (χ0v) is 20.2. The van der Waals surface area contributed by atoms with Crippen molar-refractivity contribution in [2.45, 2.75) is 77.6 Å². The summed E-state index contributed by atoms with van der Waals surface area (Å²) in [4.78, 5) is 27.4. The molecule has 0 heterocycles. The van der Waals surface area contributed by atoms with E-state index in [1.165, 1.54) is 7.11 Å². The third-order valence-electron chi connectivity index (χ3n) is 5.45. The Balaban J connectivity index is 2.74. The molecule has 8 heteroatoms. The molecule has 0 unspecified atom stereocenters. The lowest BCUT2D eigenvalue weighted by molar-refractivity contribution is -0.148. The molecule has 0 aliphatic heterocycles. The molecule has 0 aliphatic rings. The lowest BCUT2D eigenvalue weighted by Gasteiger charge is -2.42. The SMILES string of the molecule is COC(=O)CCC(=O)ON=C(N)c1ccc(CO[Si](C(C)C)(C(C)C)C(C)C)cc1. The highest BCUT2D eigenvalue weighted by molar-refractivity contribution is 6.77. The van der Waals surface area contributed by atoms with Gasteiger partial charge in [-0.25, -0.2) is 4.79 Å². The summed E-state index contributed by atoms with van der Waals surface area (Å²) in [5.74, 6) is -1.05. The molecule has 0 fully saturated rings. The first-order valence-electron chi connectivity index (χ1n) is 10.4. The maximum atomic E-state index is 11.6. The van der Waals surface area contributed by atoms with Gasteiger partial charge in [-0.3, -0.25) is 4.79 Å². The fraction of sp³-hybridized carbons (Fsp3) is 0.591. The molecule has 0 bridgehead atoms. The van der Waals surface area contributed by atoms with Crippen molar-refractivity contribution < 1.29 is 23.6 Å². The minimum atomic E-state index is -1.93. The Bertz CT molecular complexity index is 708. The molecule has 168 valence electrons. The van der Waals surface area contributed by atoms with Crippen LogP contribution in [-0.2, 0) is 30.2 Å². The van der Waals surface area contributed by atoms with E-state index in [1.54, 1.807) is 0 Å². The molecule has 1 aromatic carbocycles. The number of benzene rings is 1. The highest BCUT2D eigenvalue weighted by atomic mass is 28.4. The molecule has 1 rings (SSSR count). The average Bonchev–Trinajstić information content (AvgIpc) is 2.70. The fourth-order valence-electron chi connectivity index (χ4n) is 3.98. The van der Waals surface area contributed by atoms with Crippen molar-refractivity contribution in [1.82, 2.24) is 0 Å². The van der Waals surface area contributed by atoms with Gasteiger partial charge in [0.2, 0.25) is 8.32 Å². The number of hydrogen-bond donors (Lipinski definition) is 1. The van der Waals surface area contributed by atoms with Crippen LogP contribution in [0.15, 0.2) is 29.4 Å². The predicted molar refractivity (Wildman–Crippen MR) is 120 cm³/mol. The van der Waals surface area contributed by atoms with Crippen LogP contribution in [0.3, 0.4) is 0 Å². The van der Waals surface area contributed by atoms with Crippen LogP contribution in [0.1, 0.15) is 65.5 Å². The molecular formula is C22H36N2O5Si. The number of carbonyl (C=O) groups excluding carboxylic acids is 2. The number of ether oxygens (including phenoxy) is 1. The standard InChI is InChI=1S/C22H36N2O5Si/c1-15(2)30(16(3)4,17(5)6)28-14-18-8-10-19(11-9-18)22(23)24-29-21(26)13-12-20(25)27-7/h8-11,15-17H,12-14H2,1-7H3,(H2,23,24). The first-order valence-corrected chi connectivity index (χ1v) is 12.5. The van der Waals surface area contributed by atoms with E-state index < -0.39 is 20.3 Å². The lowest BCUT2D eigenvalue weighted by Crippen LogP contribution is -2.47. The molecule has 0 atom stereocenters. The van der Waals surface area contributed by atoms with Crippen molar-refractivity contribution in [2.75, 3.05) is 7.11 Å². The van der Waals surface area contributed by atoms with Gasteiger partial charge >= 0.3 is 11.9 Å². The van der Waals surface area contributed by atoms with E-state index in [4.69, 9.17) is 15.0 Å². The second kappa shape index (κ2) is 11.9. The Morgan fingerprint density at radius 3 is 1.90 bits per heavy atom. The molecule has 0 saturated carbocycles. The van der Waals surface area contributed by atoms with Gasteiger partial charge < -0.3 is 19.7 Å². The molecule has 7 nitrogen and oxygen atoms in total. The minimum absolute atomic E-state index is 0.0621. The van der Waals surface area contributed by atoms with Crippen LogP contribution in [0.5, 0.6) is 0 Å². The van der Waals surface area contributed by atoms with Gasteiger partial charge in [-0.05, 0) is 22.2 Å². The number of rotatable bonds is 11. The Morgan fingerprint density at radius 1 is 0.933 bits per heavy atom. The van der Waals surface area contributed by atoms with Crippen LogP contribution in [0.25, 0.3) is 0 Å². The van der Waals surface area contributed by atoms with Crippen molar-refractivity contribution in [1.29, 1.82) is 0 Å². The van der Waals surface area contributed by atoms with Gasteiger partial charge in [0.25, 0.3) is 0 Å². The summed E-state index contributed by atoms with van der Waals surface area (Å²) in [5, 5.41) is 3.65. The number of esters is 1. The van der Waals surface area contributed by atoms with Crippen LogP contribution < -0.4 is 5.73 Å². The summed E-state index contributed by atoms with van der Waals surface area (Å²) < 4.78 is 11.1. The van der Waals surface area contributed by atoms with E-state index in [2.05, 4.69) is 51.4 Å². The normalized spacial score (nSPS) is 12.5. The molecule has 0 aromatic heterocycles. The number of nitrogens with two attached hydrogens (primary N) is 1. The number of amidine groups is 1. The molecule has 2 N–H and O–H groups in total. The van der Waals surface area contributed by atoms with Gasteiger partial charge in [0.1, 0.15) is 0 Å². The minimum Gasteiger partial charge on any atom is -0.469 e. The second-order valence-corrected chi connectivity index (χ2v) is 13.8. The van der Waals surface area contributed by atoms with Gasteiger partial charge in [0, 0.05) is 5.56 Å². The smallest absolute Gasteiger partial charge is 0.335 e.